The van der Waals surface area contributed by atoms with Gasteiger partial charge in [-0.3, -0.25) is 4.98 Å². The van der Waals surface area contributed by atoms with Gasteiger partial charge >= 0.3 is 0 Å². The summed E-state index contributed by atoms with van der Waals surface area (Å²) in [5.74, 6) is 0. The van der Waals surface area contributed by atoms with Crippen LogP contribution in [0.4, 0.5) is 0 Å². The van der Waals surface area contributed by atoms with Crippen molar-refractivity contribution in [3.63, 3.8) is 0 Å². The normalized spacial score (nSPS) is 12.4. The Balaban J connectivity index is 2.18. The van der Waals surface area contributed by atoms with E-state index in [-0.39, 0.29) is 6.04 Å². The smallest absolute Gasteiger partial charge is 0.0351 e. The molecule has 0 fully saturated rings. The van der Waals surface area contributed by atoms with Crippen molar-refractivity contribution in [3.8, 4) is 0 Å². The quantitative estimate of drug-likeness (QED) is 0.894. The van der Waals surface area contributed by atoms with Gasteiger partial charge in [-0.25, -0.2) is 0 Å². The number of pyridine rings is 1. The first-order valence-electron chi connectivity index (χ1n) is 6.29. The molecule has 0 aliphatic heterocycles. The molecule has 0 aliphatic carbocycles. The predicted octanol–water partition coefficient (Wildman–Crippen LogP) is 3.25. The number of nitrogens with two attached hydrogens (primary N) is 1. The van der Waals surface area contributed by atoms with Crippen LogP contribution < -0.4 is 5.73 Å². The van der Waals surface area contributed by atoms with Gasteiger partial charge in [0.05, 0.1) is 0 Å². The van der Waals surface area contributed by atoms with Crippen LogP contribution in [-0.2, 0) is 6.42 Å². The molecule has 0 spiro atoms. The lowest BCUT2D eigenvalue weighted by Gasteiger charge is -2.13. The van der Waals surface area contributed by atoms with E-state index in [2.05, 4.69) is 43.1 Å². The summed E-state index contributed by atoms with van der Waals surface area (Å²) >= 11 is 0. The Morgan fingerprint density at radius 1 is 0.944 bits per heavy atom. The largest absolute Gasteiger partial charge is 0.324 e. The number of hydrogen-bond donors (Lipinski definition) is 1. The van der Waals surface area contributed by atoms with E-state index < -0.39 is 0 Å². The van der Waals surface area contributed by atoms with Crippen LogP contribution in [-0.4, -0.2) is 4.98 Å². The molecule has 0 amide bonds. The third-order valence-corrected chi connectivity index (χ3v) is 3.06. The van der Waals surface area contributed by atoms with Gasteiger partial charge in [-0.2, -0.15) is 0 Å². The van der Waals surface area contributed by atoms with Gasteiger partial charge in [0.2, 0.25) is 0 Å². The zero-order chi connectivity index (χ0) is 13.1. The molecule has 2 nitrogen and oxygen atoms in total. The summed E-state index contributed by atoms with van der Waals surface area (Å²) in [5, 5.41) is 0. The number of nitrogens with zero attached hydrogens (tertiary/aromatic N) is 1. The second-order valence-corrected chi connectivity index (χ2v) is 5.10. The van der Waals surface area contributed by atoms with Crippen molar-refractivity contribution < 1.29 is 0 Å². The molecule has 18 heavy (non-hydrogen) atoms. The van der Waals surface area contributed by atoms with Crippen molar-refractivity contribution in [2.75, 3.05) is 0 Å². The van der Waals surface area contributed by atoms with Crippen LogP contribution in [0.1, 0.15) is 33.9 Å². The molecular formula is C16H20N2. The average molecular weight is 240 g/mol. The minimum absolute atomic E-state index is 0.0126. The van der Waals surface area contributed by atoms with Crippen molar-refractivity contribution >= 4 is 0 Å². The van der Waals surface area contributed by atoms with Crippen LogP contribution in [0.15, 0.2) is 36.7 Å². The van der Waals surface area contributed by atoms with Gasteiger partial charge in [0.1, 0.15) is 0 Å². The lowest BCUT2D eigenvalue weighted by atomic mass is 9.97. The first-order valence-corrected chi connectivity index (χ1v) is 6.29. The summed E-state index contributed by atoms with van der Waals surface area (Å²) in [6, 6.07) is 8.72. The number of aromatic nitrogens is 1. The fourth-order valence-corrected chi connectivity index (χ4v) is 2.34. The van der Waals surface area contributed by atoms with Crippen molar-refractivity contribution in [2.24, 2.45) is 5.73 Å². The monoisotopic (exact) mass is 240 g/mol. The van der Waals surface area contributed by atoms with Crippen molar-refractivity contribution in [3.05, 3.63) is 64.5 Å². The highest BCUT2D eigenvalue weighted by atomic mass is 14.7. The molecule has 2 rings (SSSR count). The fourth-order valence-electron chi connectivity index (χ4n) is 2.34. The number of hydrogen-bond acceptors (Lipinski definition) is 2. The molecule has 0 saturated carbocycles. The molecule has 2 aromatic rings. The van der Waals surface area contributed by atoms with E-state index in [1.165, 1.54) is 16.7 Å². The Morgan fingerprint density at radius 3 is 2.22 bits per heavy atom. The van der Waals surface area contributed by atoms with E-state index in [0.29, 0.717) is 0 Å². The molecule has 94 valence electrons. The molecule has 0 saturated heterocycles. The summed E-state index contributed by atoms with van der Waals surface area (Å²) in [6.45, 7) is 6.28. The maximum Gasteiger partial charge on any atom is 0.0351 e. The standard InChI is InChI=1S/C16H20N2/c1-11-4-12(2)6-14(5-11)8-16(17)15-7-13(3)9-18-10-15/h4-7,9-10,16H,8,17H2,1-3H3. The summed E-state index contributed by atoms with van der Waals surface area (Å²) in [7, 11) is 0. The zero-order valence-electron chi connectivity index (χ0n) is 11.3. The molecule has 1 unspecified atom stereocenters. The van der Waals surface area contributed by atoms with Crippen LogP contribution >= 0.6 is 0 Å². The van der Waals surface area contributed by atoms with Gasteiger partial charge in [0.15, 0.2) is 0 Å². The van der Waals surface area contributed by atoms with E-state index >= 15 is 0 Å². The summed E-state index contributed by atoms with van der Waals surface area (Å²) in [4.78, 5) is 4.20. The van der Waals surface area contributed by atoms with Crippen LogP contribution in [0.2, 0.25) is 0 Å². The highest BCUT2D eigenvalue weighted by molar-refractivity contribution is 5.30. The van der Waals surface area contributed by atoms with Crippen LogP contribution in [0.3, 0.4) is 0 Å². The van der Waals surface area contributed by atoms with Gasteiger partial charge in [-0.1, -0.05) is 35.4 Å². The van der Waals surface area contributed by atoms with Gasteiger partial charge in [0, 0.05) is 18.4 Å². The Kier molecular flexibility index (Phi) is 3.78. The molecule has 1 heterocycles. The van der Waals surface area contributed by atoms with E-state index in [0.717, 1.165) is 17.5 Å². The Hall–Kier alpha value is -1.67. The number of rotatable bonds is 3. The lowest BCUT2D eigenvalue weighted by molar-refractivity contribution is 0.716. The van der Waals surface area contributed by atoms with E-state index in [1.807, 2.05) is 19.3 Å². The lowest BCUT2D eigenvalue weighted by Crippen LogP contribution is -2.14. The molecule has 0 radical (unpaired) electrons. The van der Waals surface area contributed by atoms with Crippen molar-refractivity contribution in [2.45, 2.75) is 33.2 Å². The fraction of sp³-hybridized carbons (Fsp3) is 0.312. The molecule has 0 bridgehead atoms. The maximum absolute atomic E-state index is 6.26. The Labute approximate surface area is 109 Å². The van der Waals surface area contributed by atoms with E-state index in [1.54, 1.807) is 0 Å². The molecule has 1 atom stereocenters. The number of benzene rings is 1. The summed E-state index contributed by atoms with van der Waals surface area (Å²) in [6.07, 6.45) is 4.57. The SMILES string of the molecule is Cc1cc(C)cc(CC(N)c2cncc(C)c2)c1. The van der Waals surface area contributed by atoms with Gasteiger partial charge in [0.25, 0.3) is 0 Å². The third-order valence-electron chi connectivity index (χ3n) is 3.06. The minimum atomic E-state index is 0.0126. The maximum atomic E-state index is 6.26. The topological polar surface area (TPSA) is 38.9 Å². The Bertz CT molecular complexity index is 526. The van der Waals surface area contributed by atoms with Gasteiger partial charge < -0.3 is 5.73 Å². The second kappa shape index (κ2) is 5.32. The highest BCUT2D eigenvalue weighted by Crippen LogP contribution is 2.18. The van der Waals surface area contributed by atoms with Crippen LogP contribution in [0, 0.1) is 20.8 Å². The molecule has 1 aromatic carbocycles. The highest BCUT2D eigenvalue weighted by Gasteiger charge is 2.08. The van der Waals surface area contributed by atoms with E-state index in [9.17, 15) is 0 Å². The third kappa shape index (κ3) is 3.17. The molecule has 2 N–H and O–H groups in total. The predicted molar refractivity (Wildman–Crippen MR) is 75.5 cm³/mol. The molecule has 0 aliphatic rings. The second-order valence-electron chi connectivity index (χ2n) is 5.10. The first kappa shape index (κ1) is 12.8. The van der Waals surface area contributed by atoms with Crippen molar-refractivity contribution in [1.29, 1.82) is 0 Å². The molecule has 2 heteroatoms. The van der Waals surface area contributed by atoms with Gasteiger partial charge in [-0.15, -0.1) is 0 Å². The van der Waals surface area contributed by atoms with Crippen molar-refractivity contribution in [1.82, 2.24) is 4.98 Å². The zero-order valence-corrected chi connectivity index (χ0v) is 11.3. The molecular weight excluding hydrogens is 220 g/mol. The Morgan fingerprint density at radius 2 is 1.61 bits per heavy atom. The first-order chi connectivity index (χ1) is 8.54. The summed E-state index contributed by atoms with van der Waals surface area (Å²) in [5.41, 5.74) is 12.4. The van der Waals surface area contributed by atoms with E-state index in [4.69, 9.17) is 5.73 Å². The molecule has 1 aromatic heterocycles. The van der Waals surface area contributed by atoms with Gasteiger partial charge in [-0.05, 0) is 43.9 Å². The minimum Gasteiger partial charge on any atom is -0.324 e. The summed E-state index contributed by atoms with van der Waals surface area (Å²) < 4.78 is 0. The average Bonchev–Trinajstić information content (AvgIpc) is 2.27. The number of aryl methyl sites for hydroxylation is 3. The van der Waals surface area contributed by atoms with Crippen LogP contribution in [0.5, 0.6) is 0 Å². The van der Waals surface area contributed by atoms with Crippen LogP contribution in [0.25, 0.3) is 0 Å².